The minimum Gasteiger partial charge on any atom is -0.462 e. The van der Waals surface area contributed by atoms with Crippen molar-refractivity contribution in [2.45, 2.75) is 522 Å². The van der Waals surface area contributed by atoms with E-state index in [1.54, 1.807) is 0 Å². The maximum absolute atomic E-state index is 13.2. The molecule has 0 aromatic carbocycles. The standard InChI is InChI=1S/C92H180O17P2/c1-6-9-12-15-18-21-24-27-29-31-33-35-37-43-48-53-58-63-68-73-78-92(97)109-88(82-103-90(95)76-71-66-61-56-51-46-41-39-38-40-45-49-54-59-64-69-74-85(4)5)84-107-111(100,101)105-80-86(93)79-104-110(98,99)106-83-87(81-102-89(94)75-70-65-60-55-50-44-26-23-20-17-14-11-8-3)108-91(96)77-72-67-62-57-52-47-42-36-34-32-30-28-25-22-19-16-13-10-7-2/h85-88,93H,6-84H2,1-5H3,(H,98,99)(H,100,101)/t86-,87+,88+/m0/s1. The number of unbranched alkanes of at least 4 members (excludes halogenated alkanes) is 64. The van der Waals surface area contributed by atoms with Crippen LogP contribution in [0, 0.1) is 5.92 Å². The minimum absolute atomic E-state index is 0.110. The van der Waals surface area contributed by atoms with E-state index in [2.05, 4.69) is 34.6 Å². The van der Waals surface area contributed by atoms with Gasteiger partial charge in [-0.05, 0) is 31.6 Å². The van der Waals surface area contributed by atoms with Gasteiger partial charge in [-0.25, -0.2) is 9.13 Å². The molecule has 3 N–H and O–H groups in total. The topological polar surface area (TPSA) is 237 Å². The van der Waals surface area contributed by atoms with Crippen molar-refractivity contribution in [1.29, 1.82) is 0 Å². The van der Waals surface area contributed by atoms with Crippen LogP contribution >= 0.6 is 15.6 Å². The highest BCUT2D eigenvalue weighted by molar-refractivity contribution is 7.47. The van der Waals surface area contributed by atoms with Gasteiger partial charge < -0.3 is 33.8 Å². The number of carbonyl (C=O) groups is 4. The Morgan fingerprint density at radius 2 is 0.414 bits per heavy atom. The normalized spacial score (nSPS) is 13.7. The van der Waals surface area contributed by atoms with E-state index >= 15 is 0 Å². The quantitative estimate of drug-likeness (QED) is 0.0222. The zero-order valence-corrected chi connectivity index (χ0v) is 74.9. The molecule has 0 heterocycles. The van der Waals surface area contributed by atoms with E-state index in [1.165, 1.54) is 327 Å². The Bertz CT molecular complexity index is 2100. The van der Waals surface area contributed by atoms with Crippen LogP contribution in [0.15, 0.2) is 0 Å². The van der Waals surface area contributed by atoms with Gasteiger partial charge in [-0.3, -0.25) is 37.3 Å². The van der Waals surface area contributed by atoms with Crippen LogP contribution in [-0.2, 0) is 65.4 Å². The summed E-state index contributed by atoms with van der Waals surface area (Å²) >= 11 is 0. The third kappa shape index (κ3) is 85.8. The maximum Gasteiger partial charge on any atom is 0.472 e. The van der Waals surface area contributed by atoms with Gasteiger partial charge in [0.05, 0.1) is 26.4 Å². The molecule has 0 amide bonds. The smallest absolute Gasteiger partial charge is 0.462 e. The second kappa shape index (κ2) is 84.5. The fourth-order valence-electron chi connectivity index (χ4n) is 14.5. The minimum atomic E-state index is -4.97. The molecule has 0 spiro atoms. The van der Waals surface area contributed by atoms with E-state index in [1.807, 2.05) is 0 Å². The number of aliphatic hydroxyl groups is 1. The Morgan fingerprint density at radius 3 is 0.613 bits per heavy atom. The van der Waals surface area contributed by atoms with Crippen LogP contribution in [0.25, 0.3) is 0 Å². The van der Waals surface area contributed by atoms with Gasteiger partial charge in [0.25, 0.3) is 0 Å². The van der Waals surface area contributed by atoms with Gasteiger partial charge in [-0.2, -0.15) is 0 Å². The number of ether oxygens (including phenoxy) is 4. The molecular formula is C92H180O17P2. The van der Waals surface area contributed by atoms with Gasteiger partial charge in [0, 0.05) is 25.7 Å². The Hall–Kier alpha value is -1.94. The lowest BCUT2D eigenvalue weighted by molar-refractivity contribution is -0.161. The van der Waals surface area contributed by atoms with Crippen LogP contribution in [0.4, 0.5) is 0 Å². The van der Waals surface area contributed by atoms with Gasteiger partial charge in [0.1, 0.15) is 19.3 Å². The molecule has 111 heavy (non-hydrogen) atoms. The van der Waals surface area contributed by atoms with Gasteiger partial charge in [-0.15, -0.1) is 0 Å². The summed E-state index contributed by atoms with van der Waals surface area (Å²) in [6, 6.07) is 0. The third-order valence-electron chi connectivity index (χ3n) is 21.8. The van der Waals surface area contributed by atoms with Gasteiger partial charge >= 0.3 is 39.5 Å². The molecule has 0 bridgehead atoms. The number of phosphoric acid groups is 2. The molecule has 0 aliphatic carbocycles. The Balaban J connectivity index is 5.26. The summed E-state index contributed by atoms with van der Waals surface area (Å²) in [5, 5.41) is 10.7. The van der Waals surface area contributed by atoms with E-state index in [4.69, 9.17) is 37.0 Å². The van der Waals surface area contributed by atoms with Crippen molar-refractivity contribution in [2.75, 3.05) is 39.6 Å². The van der Waals surface area contributed by atoms with Crippen LogP contribution in [0.3, 0.4) is 0 Å². The van der Waals surface area contributed by atoms with Crippen LogP contribution in [0.2, 0.25) is 0 Å². The number of esters is 4. The lowest BCUT2D eigenvalue weighted by atomic mass is 10.0. The highest BCUT2D eigenvalue weighted by Crippen LogP contribution is 2.45. The van der Waals surface area contributed by atoms with Gasteiger partial charge in [-0.1, -0.05) is 452 Å². The van der Waals surface area contributed by atoms with Crippen molar-refractivity contribution < 1.29 is 80.2 Å². The van der Waals surface area contributed by atoms with Crippen molar-refractivity contribution >= 4 is 39.5 Å². The second-order valence-electron chi connectivity index (χ2n) is 33.5. The van der Waals surface area contributed by atoms with Crippen LogP contribution in [0.1, 0.15) is 503 Å². The summed E-state index contributed by atoms with van der Waals surface area (Å²) in [7, 11) is -9.94. The van der Waals surface area contributed by atoms with Crippen molar-refractivity contribution in [2.24, 2.45) is 5.92 Å². The van der Waals surface area contributed by atoms with E-state index in [-0.39, 0.29) is 25.7 Å². The van der Waals surface area contributed by atoms with Crippen LogP contribution < -0.4 is 0 Å². The summed E-state index contributed by atoms with van der Waals surface area (Å²) in [6.45, 7) is 7.44. The first-order valence-electron chi connectivity index (χ1n) is 47.6. The van der Waals surface area contributed by atoms with Crippen LogP contribution in [-0.4, -0.2) is 96.7 Å². The molecule has 0 fully saturated rings. The zero-order chi connectivity index (χ0) is 81.1. The van der Waals surface area contributed by atoms with Gasteiger partial charge in [0.2, 0.25) is 0 Å². The molecule has 0 aliphatic heterocycles. The average Bonchev–Trinajstić information content (AvgIpc) is 0.897. The first kappa shape index (κ1) is 109. The van der Waals surface area contributed by atoms with Crippen LogP contribution in [0.5, 0.6) is 0 Å². The fourth-order valence-corrected chi connectivity index (χ4v) is 16.1. The number of hydrogen-bond acceptors (Lipinski definition) is 15. The first-order valence-corrected chi connectivity index (χ1v) is 50.6. The molecule has 0 aliphatic rings. The van der Waals surface area contributed by atoms with Crippen molar-refractivity contribution in [3.8, 4) is 0 Å². The summed E-state index contributed by atoms with van der Waals surface area (Å²) in [4.78, 5) is 73.5. The number of phosphoric ester groups is 2. The molecule has 0 aromatic rings. The lowest BCUT2D eigenvalue weighted by Crippen LogP contribution is -2.30. The highest BCUT2D eigenvalue weighted by Gasteiger charge is 2.31. The van der Waals surface area contributed by atoms with E-state index in [0.717, 1.165) is 95.8 Å². The van der Waals surface area contributed by atoms with Crippen molar-refractivity contribution in [1.82, 2.24) is 0 Å². The number of rotatable bonds is 92. The first-order chi connectivity index (χ1) is 54.0. The maximum atomic E-state index is 13.2. The largest absolute Gasteiger partial charge is 0.472 e. The molecule has 660 valence electrons. The zero-order valence-electron chi connectivity index (χ0n) is 73.1. The summed E-state index contributed by atoms with van der Waals surface area (Å²) in [5.74, 6) is -1.28. The van der Waals surface area contributed by atoms with Crippen molar-refractivity contribution in [3.63, 3.8) is 0 Å². The highest BCUT2D eigenvalue weighted by atomic mass is 31.2. The second-order valence-corrected chi connectivity index (χ2v) is 36.4. The monoisotopic (exact) mass is 1620 g/mol. The Kier molecular flexibility index (Phi) is 83.0. The Morgan fingerprint density at radius 1 is 0.243 bits per heavy atom. The fraction of sp³-hybridized carbons (Fsp3) is 0.957. The molecular weight excluding hydrogens is 1440 g/mol. The lowest BCUT2D eigenvalue weighted by Gasteiger charge is -2.21. The molecule has 0 saturated carbocycles. The predicted molar refractivity (Wildman–Crippen MR) is 460 cm³/mol. The number of carbonyl (C=O) groups excluding carboxylic acids is 4. The summed E-state index contributed by atoms with van der Waals surface area (Å²) in [6.07, 6.45) is 80.5. The molecule has 0 aromatic heterocycles. The number of aliphatic hydroxyl groups excluding tert-OH is 1. The molecule has 0 radical (unpaired) electrons. The SMILES string of the molecule is CCCCCCCCCCCCCCCCCCCCCCC(=O)O[C@H](COC(=O)CCCCCCCCCCCCCCCCCCC(C)C)COP(=O)(O)OC[C@@H](O)COP(=O)(O)OC[C@@H](COC(=O)CCCCCCCCCCCCCCC)OC(=O)CCCCCCCCCCCCCCCCCCCCC. The number of hydrogen-bond donors (Lipinski definition) is 3. The molecule has 0 rings (SSSR count). The molecule has 2 unspecified atom stereocenters. The van der Waals surface area contributed by atoms with Gasteiger partial charge in [0.15, 0.2) is 12.2 Å². The molecule has 5 atom stereocenters. The third-order valence-corrected chi connectivity index (χ3v) is 23.7. The molecule has 0 saturated heterocycles. The predicted octanol–water partition coefficient (Wildman–Crippen LogP) is 28.7. The van der Waals surface area contributed by atoms with E-state index in [9.17, 15) is 43.2 Å². The molecule has 17 nitrogen and oxygen atoms in total. The molecule has 19 heteroatoms. The van der Waals surface area contributed by atoms with Crippen molar-refractivity contribution in [3.05, 3.63) is 0 Å². The van der Waals surface area contributed by atoms with E-state index in [0.29, 0.717) is 25.7 Å². The summed E-state index contributed by atoms with van der Waals surface area (Å²) in [5.41, 5.74) is 0. The Labute approximate surface area is 683 Å². The summed E-state index contributed by atoms with van der Waals surface area (Å²) < 4.78 is 69.1. The average molecular weight is 1620 g/mol. The van der Waals surface area contributed by atoms with E-state index < -0.39 is 97.5 Å².